The molecule has 6 aromatic rings. The standard InChI is InChI=1S/2C28H30N4O2S/c2*1-18(2)34-25-12-9-19(15-20(25)16-29)27-30-17-26(35-27)23-8-6-7-22-21(23)10-11-24(22)31-28(33)32-13-4-3-5-14-32/h2*6-9,12,15,17-18,24H,3-5,10-11,13-14H2,1-2H3,(H,31,33)/t2*24-/m10/s1. The molecule has 2 N–H and O–H groups in total. The highest BCUT2D eigenvalue weighted by Gasteiger charge is 2.30. The van der Waals surface area contributed by atoms with Gasteiger partial charge in [-0.3, -0.25) is 0 Å². The third-order valence-corrected chi connectivity index (χ3v) is 15.5. The van der Waals surface area contributed by atoms with Crippen molar-refractivity contribution in [2.24, 2.45) is 0 Å². The molecule has 14 heteroatoms. The van der Waals surface area contributed by atoms with E-state index in [1.54, 1.807) is 22.7 Å². The van der Waals surface area contributed by atoms with Crippen LogP contribution in [0, 0.1) is 22.7 Å². The minimum atomic E-state index is 0.00746. The second-order valence-corrected chi connectivity index (χ2v) is 21.0. The van der Waals surface area contributed by atoms with Crippen LogP contribution in [0.2, 0.25) is 0 Å². The predicted molar refractivity (Wildman–Crippen MR) is 277 cm³/mol. The monoisotopic (exact) mass is 972 g/mol. The average Bonchev–Trinajstić information content (AvgIpc) is 4.23. The van der Waals surface area contributed by atoms with E-state index in [-0.39, 0.29) is 36.4 Å². The van der Waals surface area contributed by atoms with Crippen LogP contribution in [0.25, 0.3) is 42.0 Å². The number of piperidine rings is 2. The molecule has 2 aromatic heterocycles. The van der Waals surface area contributed by atoms with Crippen LogP contribution >= 0.6 is 22.7 Å². The van der Waals surface area contributed by atoms with Crippen molar-refractivity contribution in [1.82, 2.24) is 30.4 Å². The number of fused-ring (bicyclic) bond motifs is 2. The third kappa shape index (κ3) is 10.8. The van der Waals surface area contributed by atoms with Gasteiger partial charge in [-0.2, -0.15) is 10.5 Å². The lowest BCUT2D eigenvalue weighted by molar-refractivity contribution is 0.182. The fraction of sp³-hybridized carbons (Fsp3) is 0.393. The van der Waals surface area contributed by atoms with E-state index in [9.17, 15) is 20.1 Å². The number of hydrogen-bond donors (Lipinski definition) is 2. The van der Waals surface area contributed by atoms with Crippen molar-refractivity contribution < 1.29 is 19.1 Å². The molecule has 0 unspecified atom stereocenters. The van der Waals surface area contributed by atoms with Gasteiger partial charge in [0.15, 0.2) is 0 Å². The Kier molecular flexibility index (Phi) is 15.1. The number of nitrogens with zero attached hydrogens (tertiary/aromatic N) is 6. The maximum atomic E-state index is 12.8. The number of likely N-dealkylation sites (tertiary alicyclic amines) is 2. The number of amides is 4. The summed E-state index contributed by atoms with van der Waals surface area (Å²) in [5.74, 6) is 1.20. The van der Waals surface area contributed by atoms with Crippen LogP contribution < -0.4 is 20.1 Å². The highest BCUT2D eigenvalue weighted by molar-refractivity contribution is 7.18. The molecule has 4 amide bonds. The number of thiazole rings is 2. The molecule has 2 aliphatic carbocycles. The number of hydrogen-bond acceptors (Lipinski definition) is 10. The van der Waals surface area contributed by atoms with Gasteiger partial charge < -0.3 is 29.9 Å². The number of carbonyl (C=O) groups is 2. The smallest absolute Gasteiger partial charge is 0.317 e. The van der Waals surface area contributed by atoms with E-state index >= 15 is 0 Å². The Morgan fingerprint density at radius 2 is 1.03 bits per heavy atom. The quantitative estimate of drug-likeness (QED) is 0.137. The van der Waals surface area contributed by atoms with Crippen LogP contribution in [0.15, 0.2) is 85.2 Å². The van der Waals surface area contributed by atoms with Gasteiger partial charge in [-0.25, -0.2) is 19.6 Å². The molecule has 0 spiro atoms. The lowest BCUT2D eigenvalue weighted by Crippen LogP contribution is -2.43. The average molecular weight is 973 g/mol. The van der Waals surface area contributed by atoms with Crippen LogP contribution in [0.4, 0.5) is 9.59 Å². The van der Waals surface area contributed by atoms with Crippen molar-refractivity contribution in [2.75, 3.05) is 26.2 Å². The SMILES string of the molecule is CC(C)Oc1ccc(-c2ncc(-c3cccc4c3CC[C@@H]4NC(=O)N3CCCCC3)s2)cc1C#N.CC(C)Oc1ccc(-c2ncc(-c3cccc4c3CC[C@H]4NC(=O)N3CCCCC3)s2)cc1C#N. The molecule has 70 heavy (non-hydrogen) atoms. The molecule has 2 saturated heterocycles. The normalized spacial score (nSPS) is 17.2. The first-order valence-corrected chi connectivity index (χ1v) is 26.4. The number of carbonyl (C=O) groups excluding carboxylic acids is 2. The first kappa shape index (κ1) is 48.3. The number of benzene rings is 4. The molecule has 2 atom stereocenters. The molecular weight excluding hydrogens is 913 g/mol. The van der Waals surface area contributed by atoms with Gasteiger partial charge in [-0.1, -0.05) is 36.4 Å². The topological polar surface area (TPSA) is 156 Å². The number of nitriles is 2. The zero-order valence-corrected chi connectivity index (χ0v) is 42.1. The maximum absolute atomic E-state index is 12.8. The van der Waals surface area contributed by atoms with Gasteiger partial charge in [-0.15, -0.1) is 22.7 Å². The maximum Gasteiger partial charge on any atom is 0.317 e. The van der Waals surface area contributed by atoms with Crippen molar-refractivity contribution in [3.8, 4) is 65.7 Å². The number of urea groups is 2. The fourth-order valence-corrected chi connectivity index (χ4v) is 12.0. The number of ether oxygens (including phenoxy) is 2. The second kappa shape index (κ2) is 21.9. The van der Waals surface area contributed by atoms with E-state index in [4.69, 9.17) is 9.47 Å². The first-order chi connectivity index (χ1) is 34.1. The summed E-state index contributed by atoms with van der Waals surface area (Å²) < 4.78 is 11.5. The summed E-state index contributed by atoms with van der Waals surface area (Å²) in [6, 6.07) is 28.8. The van der Waals surface area contributed by atoms with Crippen LogP contribution in [-0.2, 0) is 12.8 Å². The lowest BCUT2D eigenvalue weighted by atomic mass is 10.0. The second-order valence-electron chi connectivity index (χ2n) is 19.0. The van der Waals surface area contributed by atoms with E-state index < -0.39 is 0 Å². The first-order valence-electron chi connectivity index (χ1n) is 24.8. The van der Waals surface area contributed by atoms with E-state index in [1.807, 2.05) is 86.3 Å². The lowest BCUT2D eigenvalue weighted by Gasteiger charge is -2.28. The van der Waals surface area contributed by atoms with E-state index in [0.717, 1.165) is 108 Å². The van der Waals surface area contributed by atoms with Gasteiger partial charge in [0.2, 0.25) is 0 Å². The Labute approximate surface area is 419 Å². The largest absolute Gasteiger partial charge is 0.490 e. The minimum Gasteiger partial charge on any atom is -0.490 e. The van der Waals surface area contributed by atoms with E-state index in [1.165, 1.54) is 46.2 Å². The van der Waals surface area contributed by atoms with Crippen LogP contribution in [-0.4, -0.2) is 70.2 Å². The molecule has 12 nitrogen and oxygen atoms in total. The molecule has 10 rings (SSSR count). The van der Waals surface area contributed by atoms with Gasteiger partial charge in [0.05, 0.1) is 45.2 Å². The van der Waals surface area contributed by atoms with Gasteiger partial charge in [-0.05, 0) is 162 Å². The van der Waals surface area contributed by atoms with Crippen LogP contribution in [0.5, 0.6) is 11.5 Å². The van der Waals surface area contributed by atoms with E-state index in [2.05, 4.69) is 69.1 Å². The Balaban J connectivity index is 0.000000174. The van der Waals surface area contributed by atoms with Crippen molar-refractivity contribution in [2.45, 2.75) is 116 Å². The van der Waals surface area contributed by atoms with Gasteiger partial charge in [0.1, 0.15) is 33.7 Å². The molecular formula is C56H60N8O4S2. The van der Waals surface area contributed by atoms with Gasteiger partial charge >= 0.3 is 12.1 Å². The van der Waals surface area contributed by atoms with Gasteiger partial charge in [0.25, 0.3) is 0 Å². The molecule has 2 fully saturated rings. The third-order valence-electron chi connectivity index (χ3n) is 13.4. The summed E-state index contributed by atoms with van der Waals surface area (Å²) in [7, 11) is 0. The van der Waals surface area contributed by atoms with Crippen molar-refractivity contribution in [3.63, 3.8) is 0 Å². The molecule has 0 saturated carbocycles. The van der Waals surface area contributed by atoms with Crippen molar-refractivity contribution >= 4 is 34.7 Å². The molecule has 4 aromatic carbocycles. The van der Waals surface area contributed by atoms with Crippen LogP contribution in [0.1, 0.15) is 125 Å². The molecule has 4 heterocycles. The molecule has 0 radical (unpaired) electrons. The zero-order valence-electron chi connectivity index (χ0n) is 40.4. The van der Waals surface area contributed by atoms with Crippen molar-refractivity contribution in [3.05, 3.63) is 119 Å². The summed E-state index contributed by atoms with van der Waals surface area (Å²) in [5, 5.41) is 27.5. The summed E-state index contributed by atoms with van der Waals surface area (Å²) in [5.41, 5.74) is 10.2. The molecule has 360 valence electrons. The predicted octanol–water partition coefficient (Wildman–Crippen LogP) is 12.6. The molecule has 0 bridgehead atoms. The summed E-state index contributed by atoms with van der Waals surface area (Å²) in [6.45, 7) is 11.2. The van der Waals surface area contributed by atoms with Crippen molar-refractivity contribution in [1.29, 1.82) is 10.5 Å². The number of nitrogens with one attached hydrogen (secondary N) is 2. The summed E-state index contributed by atoms with van der Waals surface area (Å²) in [4.78, 5) is 41.0. The Morgan fingerprint density at radius 3 is 1.41 bits per heavy atom. The Hall–Kier alpha value is -6.74. The molecule has 2 aliphatic heterocycles. The zero-order chi connectivity index (χ0) is 48.7. The Morgan fingerprint density at radius 1 is 0.614 bits per heavy atom. The van der Waals surface area contributed by atoms with E-state index in [0.29, 0.717) is 22.6 Å². The highest BCUT2D eigenvalue weighted by Crippen LogP contribution is 2.43. The van der Waals surface area contributed by atoms with Crippen LogP contribution in [0.3, 0.4) is 0 Å². The summed E-state index contributed by atoms with van der Waals surface area (Å²) in [6.07, 6.45) is 14.3. The summed E-state index contributed by atoms with van der Waals surface area (Å²) >= 11 is 3.25. The van der Waals surface area contributed by atoms with Gasteiger partial charge in [0, 0.05) is 49.7 Å². The number of aromatic nitrogens is 2. The molecule has 4 aliphatic rings. The Bertz CT molecular complexity index is 2740. The number of rotatable bonds is 10. The fourth-order valence-electron chi connectivity index (χ4n) is 10.0. The highest BCUT2D eigenvalue weighted by atomic mass is 32.1. The minimum absolute atomic E-state index is 0.00746.